The Hall–Kier alpha value is -1.52. The summed E-state index contributed by atoms with van der Waals surface area (Å²) in [4.78, 5) is 41.6. The van der Waals surface area contributed by atoms with Crippen LogP contribution in [0.5, 0.6) is 0 Å². The predicted octanol–water partition coefficient (Wildman–Crippen LogP) is 8.52. The molecule has 0 radical (unpaired) electrons. The van der Waals surface area contributed by atoms with Crippen LogP contribution < -0.4 is 0 Å². The Kier molecular flexibility index (Phi) is 32.5. The van der Waals surface area contributed by atoms with E-state index < -0.39 is 19.8 Å². The van der Waals surface area contributed by atoms with Gasteiger partial charge in [-0.05, 0) is 19.3 Å². The predicted molar refractivity (Wildman–Crippen MR) is 183 cm³/mol. The van der Waals surface area contributed by atoms with Crippen LogP contribution >= 0.6 is 7.82 Å². The van der Waals surface area contributed by atoms with Crippen molar-refractivity contribution >= 4 is 25.7 Å². The molecule has 12 heteroatoms. The van der Waals surface area contributed by atoms with E-state index in [0.717, 1.165) is 32.1 Å². The van der Waals surface area contributed by atoms with Crippen molar-refractivity contribution in [3.8, 4) is 0 Å². The van der Waals surface area contributed by atoms with Gasteiger partial charge in [0.05, 0.1) is 34.4 Å². The van der Waals surface area contributed by atoms with Gasteiger partial charge in [-0.2, -0.15) is 0 Å². The second kappa shape index (κ2) is 32.0. The molecule has 0 aromatic heterocycles. The number of hydrogen-bond acceptors (Lipinski definition) is 7. The number of carboxylic acids is 2. The van der Waals surface area contributed by atoms with Gasteiger partial charge in [-0.1, -0.05) is 110 Å². The lowest BCUT2D eigenvalue weighted by molar-refractivity contribution is -0.870. The lowest BCUT2D eigenvalue weighted by Crippen LogP contribution is -2.37. The number of hydrogen-bond donors (Lipinski definition) is 3. The van der Waals surface area contributed by atoms with E-state index in [1.807, 2.05) is 21.1 Å². The Labute approximate surface area is 280 Å². The van der Waals surface area contributed by atoms with E-state index in [1.54, 1.807) is 0 Å². The molecule has 0 heterocycles. The van der Waals surface area contributed by atoms with Crippen LogP contribution in [0.3, 0.4) is 0 Å². The molecule has 0 aliphatic carbocycles. The van der Waals surface area contributed by atoms with E-state index in [2.05, 4.69) is 6.92 Å². The Morgan fingerprint density at radius 2 is 0.913 bits per heavy atom. The van der Waals surface area contributed by atoms with Crippen molar-refractivity contribution in [3.05, 3.63) is 0 Å². The van der Waals surface area contributed by atoms with E-state index in [0.29, 0.717) is 36.7 Å². The van der Waals surface area contributed by atoms with Crippen LogP contribution in [0, 0.1) is 0 Å². The zero-order valence-electron chi connectivity index (χ0n) is 29.7. The number of nitrogens with zero attached hydrogens (tertiary/aromatic N) is 1. The molecule has 0 saturated heterocycles. The summed E-state index contributed by atoms with van der Waals surface area (Å²) in [6.45, 7) is 3.22. The first-order chi connectivity index (χ1) is 21.8. The molecule has 1 atom stereocenters. The van der Waals surface area contributed by atoms with Crippen LogP contribution in [-0.2, 0) is 32.7 Å². The first-order valence-electron chi connectivity index (χ1n) is 17.8. The Bertz CT molecular complexity index is 770. The maximum absolute atomic E-state index is 11.8. The lowest BCUT2D eigenvalue weighted by Gasteiger charge is -2.24. The summed E-state index contributed by atoms with van der Waals surface area (Å²) in [5.41, 5.74) is 0. The third-order valence-electron chi connectivity index (χ3n) is 7.34. The van der Waals surface area contributed by atoms with Crippen molar-refractivity contribution in [2.24, 2.45) is 0 Å². The number of esters is 1. The number of phosphoric ester groups is 1. The van der Waals surface area contributed by atoms with Crippen LogP contribution in [0.15, 0.2) is 0 Å². The van der Waals surface area contributed by atoms with Crippen LogP contribution in [0.4, 0.5) is 0 Å². The van der Waals surface area contributed by atoms with E-state index in [9.17, 15) is 23.8 Å². The average molecular weight is 683 g/mol. The topological polar surface area (TPSA) is 157 Å². The summed E-state index contributed by atoms with van der Waals surface area (Å²) in [5.74, 6) is -1.73. The first-order valence-corrected chi connectivity index (χ1v) is 19.3. The monoisotopic (exact) mass is 682 g/mol. The fourth-order valence-corrected chi connectivity index (χ4v) is 5.26. The van der Waals surface area contributed by atoms with Crippen molar-refractivity contribution in [3.63, 3.8) is 0 Å². The van der Waals surface area contributed by atoms with Crippen molar-refractivity contribution in [1.29, 1.82) is 0 Å². The van der Waals surface area contributed by atoms with Gasteiger partial charge in [0, 0.05) is 25.7 Å². The number of carboxylic acid groups (broad SMARTS) is 2. The smallest absolute Gasteiger partial charge is 0.472 e. The summed E-state index contributed by atoms with van der Waals surface area (Å²) >= 11 is 0. The highest BCUT2D eigenvalue weighted by Crippen LogP contribution is 2.43. The van der Waals surface area contributed by atoms with Gasteiger partial charge in [-0.3, -0.25) is 23.4 Å². The quantitative estimate of drug-likeness (QED) is 0.0272. The van der Waals surface area contributed by atoms with Crippen molar-refractivity contribution in [1.82, 2.24) is 0 Å². The number of rotatable bonds is 32. The normalized spacial score (nSPS) is 12.6. The van der Waals surface area contributed by atoms with Gasteiger partial charge in [0.25, 0.3) is 0 Å². The second-order valence-electron chi connectivity index (χ2n) is 13.1. The van der Waals surface area contributed by atoms with Crippen molar-refractivity contribution in [2.45, 2.75) is 155 Å². The molecule has 274 valence electrons. The van der Waals surface area contributed by atoms with Gasteiger partial charge < -0.3 is 24.3 Å². The van der Waals surface area contributed by atoms with Gasteiger partial charge in [0.15, 0.2) is 0 Å². The highest BCUT2D eigenvalue weighted by molar-refractivity contribution is 7.47. The fourth-order valence-electron chi connectivity index (χ4n) is 4.51. The molecule has 0 fully saturated rings. The largest absolute Gasteiger partial charge is 0.481 e. The molecular weight excluding hydrogens is 613 g/mol. The van der Waals surface area contributed by atoms with Gasteiger partial charge in [0.1, 0.15) is 13.2 Å². The number of carbonyl (C=O) groups is 3. The minimum Gasteiger partial charge on any atom is -0.481 e. The molecule has 0 aliphatic rings. The van der Waals surface area contributed by atoms with Gasteiger partial charge in [-0.25, -0.2) is 4.57 Å². The molecule has 0 aliphatic heterocycles. The summed E-state index contributed by atoms with van der Waals surface area (Å²) in [5, 5.41) is 16.6. The maximum Gasteiger partial charge on any atom is 0.472 e. The standard InChI is InChI=1S/C25H52NO6P.C9H16O4/c1-5-6-7-8-9-10-11-12-13-14-15-16-17-18-20-25(27)30-22-19-23-31-33(28,29)32-24-21-26(2,3)4;10-8(11)6-4-2-1-3-5-7-9(12)13/h5-24H2,1-4H3;1-7H2,(H,10,11)(H,12,13)/p+1. The molecule has 0 rings (SSSR count). The number of carbonyl (C=O) groups excluding carboxylic acids is 1. The number of phosphoric acid groups is 1. The molecule has 0 spiro atoms. The number of unbranched alkanes of at least 4 members (excludes halogenated alkanes) is 17. The third-order valence-corrected chi connectivity index (χ3v) is 8.36. The summed E-state index contributed by atoms with van der Waals surface area (Å²) in [7, 11) is 1.88. The van der Waals surface area contributed by atoms with Gasteiger partial charge in [0.2, 0.25) is 0 Å². The van der Waals surface area contributed by atoms with Crippen LogP contribution in [-0.4, -0.2) is 85.0 Å². The van der Waals surface area contributed by atoms with Crippen molar-refractivity contribution < 1.29 is 52.3 Å². The number of ether oxygens (including phenoxy) is 1. The molecule has 46 heavy (non-hydrogen) atoms. The van der Waals surface area contributed by atoms with E-state index in [4.69, 9.17) is 24.0 Å². The Morgan fingerprint density at radius 3 is 1.30 bits per heavy atom. The van der Waals surface area contributed by atoms with E-state index in [1.165, 1.54) is 77.0 Å². The van der Waals surface area contributed by atoms with Crippen LogP contribution in [0.1, 0.15) is 155 Å². The maximum atomic E-state index is 11.8. The molecule has 0 saturated carbocycles. The minimum absolute atomic E-state index is 0.0181. The molecule has 0 aromatic rings. The molecule has 11 nitrogen and oxygen atoms in total. The van der Waals surface area contributed by atoms with Crippen LogP contribution in [0.25, 0.3) is 0 Å². The zero-order valence-corrected chi connectivity index (χ0v) is 30.6. The van der Waals surface area contributed by atoms with Gasteiger partial charge in [-0.15, -0.1) is 0 Å². The Balaban J connectivity index is 0. The first kappa shape index (κ1) is 46.6. The van der Waals surface area contributed by atoms with Gasteiger partial charge >= 0.3 is 25.7 Å². The molecule has 3 N–H and O–H groups in total. The molecular formula is C34H69NO10P+. The minimum atomic E-state index is -4.04. The molecule has 1 unspecified atom stereocenters. The molecule has 0 bridgehead atoms. The lowest BCUT2D eigenvalue weighted by atomic mass is 10.0. The fraction of sp³-hybridized carbons (Fsp3) is 0.912. The number of aliphatic carboxylic acids is 2. The summed E-state index contributed by atoms with van der Waals surface area (Å²) in [6.07, 6.45) is 23.4. The van der Waals surface area contributed by atoms with Crippen LogP contribution in [0.2, 0.25) is 0 Å². The van der Waals surface area contributed by atoms with Crippen molar-refractivity contribution in [2.75, 3.05) is 47.5 Å². The zero-order chi connectivity index (χ0) is 34.9. The Morgan fingerprint density at radius 1 is 0.543 bits per heavy atom. The molecule has 0 amide bonds. The SMILES string of the molecule is CCCCCCCCCCCCCCCCC(=O)OCCCOP(=O)(O)OCC[N+](C)(C)C.O=C(O)CCCCCCCC(=O)O. The second-order valence-corrected chi connectivity index (χ2v) is 14.6. The summed E-state index contributed by atoms with van der Waals surface area (Å²) < 4.78 is 27.4. The average Bonchev–Trinajstić information content (AvgIpc) is 2.96. The summed E-state index contributed by atoms with van der Waals surface area (Å²) in [6, 6.07) is 0. The third kappa shape index (κ3) is 42.5. The van der Waals surface area contributed by atoms with E-state index >= 15 is 0 Å². The van der Waals surface area contributed by atoms with E-state index in [-0.39, 0.29) is 38.6 Å². The highest BCUT2D eigenvalue weighted by atomic mass is 31.2. The highest BCUT2D eigenvalue weighted by Gasteiger charge is 2.22. The number of quaternary nitrogens is 1. The molecule has 0 aromatic carbocycles. The number of likely N-dealkylation sites (N-methyl/N-ethyl adjacent to an activating group) is 1.